The van der Waals surface area contributed by atoms with Gasteiger partial charge >= 0.3 is 0 Å². The van der Waals surface area contributed by atoms with Crippen molar-refractivity contribution >= 4 is 29.5 Å². The van der Waals surface area contributed by atoms with E-state index in [9.17, 15) is 28.4 Å². The van der Waals surface area contributed by atoms with E-state index in [1.165, 1.54) is 12.1 Å². The van der Waals surface area contributed by atoms with Crippen molar-refractivity contribution in [1.82, 2.24) is 21.3 Å². The normalized spacial score (nSPS) is 21.2. The number of ether oxygens (including phenoxy) is 2. The summed E-state index contributed by atoms with van der Waals surface area (Å²) >= 11 is 0. The standard InChI is InChI=1S/C32H40FN5O7/c33-22-6-3-5-21(19-22)32(13-17-44-18-14-32)20-36-31(43)25-10-12-28(40)37-24(9-11-27(34)39)30(42)35-15-4-16-45-26-8-2-1-7-23(26)29(41)38-25/h1-3,5-8,19,24-25H,4,9-18,20H2,(H2,34,39)(H,35,42)(H,36,43)(H,37,40)(H,38,41)/t24-,25-/m0/s1. The first-order valence-corrected chi connectivity index (χ1v) is 15.2. The minimum Gasteiger partial charge on any atom is -0.493 e. The van der Waals surface area contributed by atoms with Crippen molar-refractivity contribution in [2.24, 2.45) is 5.73 Å². The van der Waals surface area contributed by atoms with Gasteiger partial charge in [-0.25, -0.2) is 4.39 Å². The topological polar surface area (TPSA) is 178 Å². The molecular weight excluding hydrogens is 585 g/mol. The quantitative estimate of drug-likeness (QED) is 0.307. The molecule has 2 atom stereocenters. The van der Waals surface area contributed by atoms with Gasteiger partial charge in [-0.15, -0.1) is 0 Å². The molecule has 0 radical (unpaired) electrons. The summed E-state index contributed by atoms with van der Waals surface area (Å²) in [7, 11) is 0. The Bertz CT molecular complexity index is 1380. The number of carbonyl (C=O) groups is 5. The highest BCUT2D eigenvalue weighted by atomic mass is 19.1. The molecule has 2 heterocycles. The number of nitrogens with two attached hydrogens (primary N) is 1. The summed E-state index contributed by atoms with van der Waals surface area (Å²) < 4.78 is 25.6. The zero-order valence-electron chi connectivity index (χ0n) is 25.1. The minimum atomic E-state index is -1.13. The van der Waals surface area contributed by atoms with Crippen LogP contribution in [0.4, 0.5) is 4.39 Å². The number of halogens is 1. The number of carbonyl (C=O) groups excluding carboxylic acids is 5. The lowest BCUT2D eigenvalue weighted by Gasteiger charge is -2.38. The van der Waals surface area contributed by atoms with Gasteiger partial charge in [0.25, 0.3) is 5.91 Å². The smallest absolute Gasteiger partial charge is 0.255 e. The average molecular weight is 626 g/mol. The largest absolute Gasteiger partial charge is 0.493 e. The number of para-hydroxylation sites is 1. The van der Waals surface area contributed by atoms with Crippen LogP contribution in [0.2, 0.25) is 0 Å². The van der Waals surface area contributed by atoms with Crippen LogP contribution in [-0.4, -0.2) is 74.5 Å². The van der Waals surface area contributed by atoms with E-state index >= 15 is 0 Å². The Labute approximate surface area is 261 Å². The van der Waals surface area contributed by atoms with Crippen LogP contribution in [0.5, 0.6) is 5.75 Å². The molecule has 242 valence electrons. The third kappa shape index (κ3) is 9.48. The van der Waals surface area contributed by atoms with Gasteiger partial charge in [-0.1, -0.05) is 24.3 Å². The summed E-state index contributed by atoms with van der Waals surface area (Å²) in [6, 6.07) is 10.7. The van der Waals surface area contributed by atoms with Crippen LogP contribution in [0.3, 0.4) is 0 Å². The van der Waals surface area contributed by atoms with Gasteiger partial charge in [0.2, 0.25) is 23.6 Å². The predicted octanol–water partition coefficient (Wildman–Crippen LogP) is 1.22. The van der Waals surface area contributed by atoms with Gasteiger partial charge in [0.05, 0.1) is 12.2 Å². The molecule has 1 fully saturated rings. The molecule has 4 rings (SSSR count). The molecule has 6 N–H and O–H groups in total. The molecule has 5 amide bonds. The molecule has 0 bridgehead atoms. The molecule has 0 aliphatic carbocycles. The molecule has 0 saturated carbocycles. The van der Waals surface area contributed by atoms with Crippen molar-refractivity contribution in [1.29, 1.82) is 0 Å². The van der Waals surface area contributed by atoms with Gasteiger partial charge < -0.3 is 36.5 Å². The number of rotatable bonds is 7. The monoisotopic (exact) mass is 625 g/mol. The molecule has 2 aromatic carbocycles. The fraction of sp³-hybridized carbons (Fsp3) is 0.469. The number of nitrogens with one attached hydrogen (secondary N) is 4. The SMILES string of the molecule is NC(=O)CC[C@@H]1NC(=O)CC[C@@H](C(=O)NCC2(c3cccc(F)c3)CCOCC2)NC(=O)c2ccccc2OCCCNC1=O. The third-order valence-electron chi connectivity index (χ3n) is 8.11. The first-order valence-electron chi connectivity index (χ1n) is 15.2. The maximum absolute atomic E-state index is 14.2. The number of amides is 5. The molecule has 45 heavy (non-hydrogen) atoms. The zero-order valence-corrected chi connectivity index (χ0v) is 25.1. The fourth-order valence-corrected chi connectivity index (χ4v) is 5.50. The van der Waals surface area contributed by atoms with Gasteiger partial charge in [-0.2, -0.15) is 0 Å². The van der Waals surface area contributed by atoms with Crippen molar-refractivity contribution < 1.29 is 37.8 Å². The van der Waals surface area contributed by atoms with Crippen LogP contribution in [0.1, 0.15) is 60.9 Å². The maximum atomic E-state index is 14.2. The van der Waals surface area contributed by atoms with Crippen LogP contribution in [0, 0.1) is 5.82 Å². The van der Waals surface area contributed by atoms with Crippen molar-refractivity contribution in [3.8, 4) is 5.75 Å². The van der Waals surface area contributed by atoms with Gasteiger partial charge in [0.15, 0.2) is 0 Å². The Morgan fingerprint density at radius 1 is 1.02 bits per heavy atom. The molecule has 0 unspecified atom stereocenters. The van der Waals surface area contributed by atoms with E-state index < -0.39 is 47.0 Å². The van der Waals surface area contributed by atoms with E-state index in [-0.39, 0.29) is 56.8 Å². The van der Waals surface area contributed by atoms with Crippen LogP contribution >= 0.6 is 0 Å². The highest BCUT2D eigenvalue weighted by molar-refractivity contribution is 6.00. The summed E-state index contributed by atoms with van der Waals surface area (Å²) in [5.41, 5.74) is 5.62. The van der Waals surface area contributed by atoms with E-state index in [1.54, 1.807) is 30.3 Å². The van der Waals surface area contributed by atoms with E-state index in [0.29, 0.717) is 38.2 Å². The number of hydrogen-bond acceptors (Lipinski definition) is 7. The summed E-state index contributed by atoms with van der Waals surface area (Å²) in [6.07, 6.45) is 1.10. The molecule has 1 saturated heterocycles. The number of benzene rings is 2. The number of primary amides is 1. The molecule has 0 spiro atoms. The second-order valence-electron chi connectivity index (χ2n) is 11.3. The van der Waals surface area contributed by atoms with Gasteiger partial charge in [0, 0.05) is 44.6 Å². The van der Waals surface area contributed by atoms with Crippen LogP contribution in [-0.2, 0) is 29.3 Å². The Morgan fingerprint density at radius 3 is 2.56 bits per heavy atom. The van der Waals surface area contributed by atoms with Crippen LogP contribution in [0.15, 0.2) is 48.5 Å². The first-order chi connectivity index (χ1) is 21.7. The molecule has 2 aromatic rings. The van der Waals surface area contributed by atoms with E-state index in [4.69, 9.17) is 15.2 Å². The lowest BCUT2D eigenvalue weighted by atomic mass is 9.74. The van der Waals surface area contributed by atoms with Crippen molar-refractivity contribution in [3.05, 3.63) is 65.5 Å². The Balaban J connectivity index is 1.55. The molecular formula is C32H40FN5O7. The molecule has 13 heteroatoms. The number of hydrogen-bond donors (Lipinski definition) is 5. The van der Waals surface area contributed by atoms with Crippen molar-refractivity contribution in [2.45, 2.75) is 62.4 Å². The van der Waals surface area contributed by atoms with Gasteiger partial charge in [-0.05, 0) is 61.9 Å². The van der Waals surface area contributed by atoms with Crippen LogP contribution in [0.25, 0.3) is 0 Å². The van der Waals surface area contributed by atoms with E-state index in [2.05, 4.69) is 21.3 Å². The van der Waals surface area contributed by atoms with Gasteiger partial charge in [0.1, 0.15) is 23.7 Å². The summed E-state index contributed by atoms with van der Waals surface area (Å²) in [5, 5.41) is 11.0. The fourth-order valence-electron chi connectivity index (χ4n) is 5.50. The third-order valence-corrected chi connectivity index (χ3v) is 8.11. The Morgan fingerprint density at radius 2 is 1.80 bits per heavy atom. The number of fused-ring (bicyclic) bond motifs is 1. The molecule has 12 nitrogen and oxygen atoms in total. The Kier molecular flexibility index (Phi) is 11.9. The summed E-state index contributed by atoms with van der Waals surface area (Å²) in [5.74, 6) is -2.79. The van der Waals surface area contributed by atoms with Gasteiger partial charge in [-0.3, -0.25) is 24.0 Å². The lowest BCUT2D eigenvalue weighted by molar-refractivity contribution is -0.130. The zero-order chi connectivity index (χ0) is 32.2. The van der Waals surface area contributed by atoms with E-state index in [0.717, 1.165) is 5.56 Å². The highest BCUT2D eigenvalue weighted by Gasteiger charge is 2.36. The minimum absolute atomic E-state index is 0.00328. The second kappa shape index (κ2) is 16.0. The maximum Gasteiger partial charge on any atom is 0.255 e. The molecule has 0 aromatic heterocycles. The van der Waals surface area contributed by atoms with Crippen LogP contribution < -0.4 is 31.7 Å². The summed E-state index contributed by atoms with van der Waals surface area (Å²) in [6.45, 7) is 1.45. The predicted molar refractivity (Wildman–Crippen MR) is 162 cm³/mol. The van der Waals surface area contributed by atoms with Crippen molar-refractivity contribution in [3.63, 3.8) is 0 Å². The van der Waals surface area contributed by atoms with Crippen molar-refractivity contribution in [2.75, 3.05) is 32.9 Å². The molecule has 2 aliphatic rings. The van der Waals surface area contributed by atoms with E-state index in [1.807, 2.05) is 6.07 Å². The molecule has 2 aliphatic heterocycles. The first kappa shape index (κ1) is 33.4. The Hall–Kier alpha value is -4.52. The average Bonchev–Trinajstić information content (AvgIpc) is 3.03. The lowest BCUT2D eigenvalue weighted by Crippen LogP contribution is -2.52. The summed E-state index contributed by atoms with van der Waals surface area (Å²) in [4.78, 5) is 64.3. The second-order valence-corrected chi connectivity index (χ2v) is 11.3. The highest BCUT2D eigenvalue weighted by Crippen LogP contribution is 2.34.